The first-order valence-electron chi connectivity index (χ1n) is 12.4. The molecule has 0 aromatic heterocycles. The molecule has 0 saturated heterocycles. The van der Waals surface area contributed by atoms with Crippen LogP contribution >= 0.6 is 102 Å². The minimum atomic E-state index is -0.469. The van der Waals surface area contributed by atoms with Crippen LogP contribution in [0, 0.1) is 14.3 Å². The van der Waals surface area contributed by atoms with Crippen molar-refractivity contribution >= 4 is 125 Å². The molecule has 0 unspecified atom stereocenters. The Bertz CT molecular complexity index is 1640. The number of nitrogen functional groups attached to an aromatic ring is 1. The first-order chi connectivity index (χ1) is 21.4. The van der Waals surface area contributed by atoms with E-state index in [2.05, 4.69) is 107 Å². The van der Waals surface area contributed by atoms with Gasteiger partial charge in [0.2, 0.25) is 0 Å². The highest BCUT2D eigenvalue weighted by atomic mass is 127. The van der Waals surface area contributed by atoms with Crippen LogP contribution in [0.4, 0.5) is 0 Å². The van der Waals surface area contributed by atoms with E-state index in [0.29, 0.717) is 33.8 Å². The van der Waals surface area contributed by atoms with Crippen molar-refractivity contribution in [1.82, 2.24) is 16.3 Å². The third kappa shape index (κ3) is 13.9. The summed E-state index contributed by atoms with van der Waals surface area (Å²) in [5, 5.41) is -0.469. The van der Waals surface area contributed by atoms with E-state index in [0.717, 1.165) is 14.3 Å². The zero-order chi connectivity index (χ0) is 33.5. The summed E-state index contributed by atoms with van der Waals surface area (Å²) < 4.78 is 13.9. The van der Waals surface area contributed by atoms with Crippen LogP contribution < -0.4 is 31.6 Å². The third-order valence-electron chi connectivity index (χ3n) is 5.30. The Labute approximate surface area is 319 Å². The molecule has 0 fully saturated rings. The van der Waals surface area contributed by atoms with Gasteiger partial charge in [-0.2, -0.15) is 0 Å². The average molecular weight is 1080 g/mol. The van der Waals surface area contributed by atoms with Crippen molar-refractivity contribution in [2.24, 2.45) is 5.84 Å². The maximum Gasteiger partial charge on any atom is 0.269 e. The summed E-state index contributed by atoms with van der Waals surface area (Å²) in [5.41, 5.74) is 8.81. The molecule has 0 aliphatic heterocycles. The molecule has 3 amide bonds. The van der Waals surface area contributed by atoms with Crippen molar-refractivity contribution < 1.29 is 28.7 Å². The molecule has 0 aliphatic carbocycles. The van der Waals surface area contributed by atoms with Crippen LogP contribution in [-0.4, -0.2) is 37.2 Å². The van der Waals surface area contributed by atoms with Crippen molar-refractivity contribution in [3.8, 4) is 11.5 Å². The third-order valence-corrected chi connectivity index (χ3v) is 8.01. The van der Waals surface area contributed by atoms with Gasteiger partial charge in [-0.1, -0.05) is 12.1 Å². The predicted octanol–water partition coefficient (Wildman–Crippen LogP) is 6.55. The van der Waals surface area contributed by atoms with E-state index in [9.17, 15) is 19.2 Å². The number of methoxy groups -OCH3 is 2. The lowest BCUT2D eigenvalue weighted by atomic mass is 10.2. The number of amides is 3. The van der Waals surface area contributed by atoms with E-state index >= 15 is 0 Å². The van der Waals surface area contributed by atoms with Gasteiger partial charge in [0.15, 0.2) is 0 Å². The monoisotopic (exact) mass is 1080 g/mol. The number of nitrogens with one attached hydrogen (secondary N) is 3. The van der Waals surface area contributed by atoms with Crippen LogP contribution in [0.3, 0.4) is 0 Å². The normalized spacial score (nSPS) is 9.69. The van der Waals surface area contributed by atoms with Gasteiger partial charge in [-0.15, -0.1) is 0 Å². The van der Waals surface area contributed by atoms with Gasteiger partial charge in [0.1, 0.15) is 11.5 Å². The molecule has 10 nitrogen and oxygen atoms in total. The highest BCUT2D eigenvalue weighted by Gasteiger charge is 2.11. The molecule has 0 radical (unpaired) electrons. The number of carbonyl (C=O) groups is 4. The number of ether oxygens (including phenoxy) is 2. The molecular formula is C30H25ClI4N4O6. The number of halogens is 5. The van der Waals surface area contributed by atoms with Gasteiger partial charge in [-0.25, -0.2) is 5.84 Å². The van der Waals surface area contributed by atoms with E-state index in [1.165, 1.54) is 14.2 Å². The summed E-state index contributed by atoms with van der Waals surface area (Å²) in [6.45, 7) is 0. The van der Waals surface area contributed by atoms with E-state index in [-0.39, 0.29) is 11.8 Å². The summed E-state index contributed by atoms with van der Waals surface area (Å²) in [6.07, 6.45) is 0. The molecule has 4 aromatic rings. The maximum atomic E-state index is 12.1. The lowest BCUT2D eigenvalue weighted by Crippen LogP contribution is -2.41. The van der Waals surface area contributed by atoms with E-state index < -0.39 is 11.1 Å². The molecule has 0 aliphatic rings. The van der Waals surface area contributed by atoms with Crippen molar-refractivity contribution in [3.63, 3.8) is 0 Å². The second-order valence-electron chi connectivity index (χ2n) is 8.44. The Kier molecular flexibility index (Phi) is 17.4. The van der Waals surface area contributed by atoms with Gasteiger partial charge in [0.05, 0.1) is 14.2 Å². The van der Waals surface area contributed by atoms with Crippen LogP contribution in [0.1, 0.15) is 41.4 Å². The minimum Gasteiger partial charge on any atom is -0.497 e. The van der Waals surface area contributed by atoms with Crippen LogP contribution in [0.5, 0.6) is 11.5 Å². The smallest absolute Gasteiger partial charge is 0.269 e. The van der Waals surface area contributed by atoms with Crippen LogP contribution in [0.2, 0.25) is 0 Å². The molecule has 45 heavy (non-hydrogen) atoms. The predicted molar refractivity (Wildman–Crippen MR) is 207 cm³/mol. The Morgan fingerprint density at radius 2 is 0.956 bits per heavy atom. The molecule has 5 N–H and O–H groups in total. The summed E-state index contributed by atoms with van der Waals surface area (Å²) >= 11 is 13.8. The van der Waals surface area contributed by atoms with Crippen molar-refractivity contribution in [3.05, 3.63) is 121 Å². The molecule has 0 atom stereocenters. The highest BCUT2D eigenvalue weighted by Crippen LogP contribution is 2.16. The fraction of sp³-hybridized carbons (Fsp3) is 0.0667. The zero-order valence-electron chi connectivity index (χ0n) is 23.5. The fourth-order valence-electron chi connectivity index (χ4n) is 3.22. The Balaban J connectivity index is 0.000000259. The molecular weight excluding hydrogens is 1060 g/mol. The highest BCUT2D eigenvalue weighted by molar-refractivity contribution is 14.1. The zero-order valence-corrected chi connectivity index (χ0v) is 32.9. The first-order valence-corrected chi connectivity index (χ1v) is 17.1. The topological polar surface area (TPSA) is 149 Å². The number of benzene rings is 4. The van der Waals surface area contributed by atoms with Gasteiger partial charge >= 0.3 is 0 Å². The average Bonchev–Trinajstić information content (AvgIpc) is 3.02. The first kappa shape index (κ1) is 38.9. The van der Waals surface area contributed by atoms with E-state index in [4.69, 9.17) is 26.9 Å². The molecule has 0 heterocycles. The lowest BCUT2D eigenvalue weighted by Gasteiger charge is -2.09. The van der Waals surface area contributed by atoms with Gasteiger partial charge in [0, 0.05) is 36.5 Å². The molecule has 4 rings (SSSR count). The van der Waals surface area contributed by atoms with Gasteiger partial charge in [0.25, 0.3) is 23.0 Å². The van der Waals surface area contributed by atoms with Crippen molar-refractivity contribution in [2.45, 2.75) is 0 Å². The maximum absolute atomic E-state index is 12.1. The van der Waals surface area contributed by atoms with Crippen molar-refractivity contribution in [2.75, 3.05) is 14.2 Å². The summed E-state index contributed by atoms with van der Waals surface area (Å²) in [4.78, 5) is 45.7. The standard InChI is InChI=1S/C15H12I2N2O3.C8H7ClO2.C7H6I2N2O/c1-22-13-4-2-3-9(7-13)14(20)18-19-15(21)10-5-11(16)8-12(17)6-10;1-11-7-4-2-3-6(5-7)8(9)10;8-5-1-4(7(12)11-10)2-6(9)3-5/h2-8H,1H3,(H,18,20)(H,19,21);2-5H,1H3;1-3H,10H2,(H,11,12). The number of hydrazine groups is 2. The molecule has 236 valence electrons. The quantitative estimate of drug-likeness (QED) is 0.0563. The van der Waals surface area contributed by atoms with E-state index in [1.807, 2.05) is 12.1 Å². The van der Waals surface area contributed by atoms with Crippen LogP contribution in [0.25, 0.3) is 0 Å². The second-order valence-corrected chi connectivity index (χ2v) is 13.8. The largest absolute Gasteiger partial charge is 0.497 e. The summed E-state index contributed by atoms with van der Waals surface area (Å²) in [5.74, 6) is 5.18. The number of carbonyl (C=O) groups excluding carboxylic acids is 4. The van der Waals surface area contributed by atoms with Gasteiger partial charge in [-0.05, 0) is 175 Å². The summed E-state index contributed by atoms with van der Waals surface area (Å²) in [6, 6.07) is 24.4. The van der Waals surface area contributed by atoms with Crippen LogP contribution in [0.15, 0.2) is 84.9 Å². The Morgan fingerprint density at radius 3 is 1.36 bits per heavy atom. The van der Waals surface area contributed by atoms with E-state index in [1.54, 1.807) is 72.8 Å². The number of nitrogens with two attached hydrogens (primary N) is 1. The number of hydrogen-bond acceptors (Lipinski definition) is 7. The molecule has 0 saturated carbocycles. The second kappa shape index (κ2) is 20.1. The SMILES string of the molecule is COc1cccc(C(=O)Cl)c1.COc1cccc(C(=O)NNC(=O)c2cc(I)cc(I)c2)c1.NNC(=O)c1cc(I)cc(I)c1. The fourth-order valence-corrected chi connectivity index (χ4v) is 7.21. The molecule has 4 aromatic carbocycles. The number of rotatable bonds is 6. The Morgan fingerprint density at radius 1 is 0.578 bits per heavy atom. The summed E-state index contributed by atoms with van der Waals surface area (Å²) in [7, 11) is 3.06. The molecule has 0 spiro atoms. The number of hydrogen-bond donors (Lipinski definition) is 4. The van der Waals surface area contributed by atoms with Gasteiger partial charge < -0.3 is 9.47 Å². The Hall–Kier alpha value is -2.27. The lowest BCUT2D eigenvalue weighted by molar-refractivity contribution is 0.0846. The van der Waals surface area contributed by atoms with Crippen molar-refractivity contribution in [1.29, 1.82) is 0 Å². The molecule has 15 heteroatoms. The van der Waals surface area contributed by atoms with Crippen LogP contribution in [-0.2, 0) is 0 Å². The minimum absolute atomic E-state index is 0.258. The molecule has 0 bridgehead atoms. The van der Waals surface area contributed by atoms with Gasteiger partial charge in [-0.3, -0.25) is 35.5 Å².